The van der Waals surface area contributed by atoms with Gasteiger partial charge in [0.2, 0.25) is 0 Å². The average molecular weight is 387 g/mol. The van der Waals surface area contributed by atoms with Gasteiger partial charge in [0.05, 0.1) is 5.02 Å². The Morgan fingerprint density at radius 2 is 1.92 bits per heavy atom. The zero-order valence-electron chi connectivity index (χ0n) is 13.3. The van der Waals surface area contributed by atoms with Crippen LogP contribution >= 0.6 is 35.2 Å². The lowest BCUT2D eigenvalue weighted by molar-refractivity contribution is 0.0981. The van der Waals surface area contributed by atoms with E-state index in [4.69, 9.17) is 23.8 Å². The molecule has 1 aliphatic heterocycles. The van der Waals surface area contributed by atoms with Crippen molar-refractivity contribution in [3.8, 4) is 0 Å². The van der Waals surface area contributed by atoms with E-state index in [0.717, 1.165) is 35.2 Å². The summed E-state index contributed by atoms with van der Waals surface area (Å²) in [5.74, 6) is -0.251. The number of para-hydroxylation sites is 1. The maximum Gasteiger partial charge on any atom is 0.269 e. The van der Waals surface area contributed by atoms with Gasteiger partial charge in [-0.25, -0.2) is 0 Å². The third-order valence-electron chi connectivity index (χ3n) is 4.32. The Bertz CT molecular complexity index is 982. The highest BCUT2D eigenvalue weighted by Gasteiger charge is 2.23. The summed E-state index contributed by atoms with van der Waals surface area (Å²) in [5, 5.41) is 4.66. The first-order valence-corrected chi connectivity index (χ1v) is 9.63. The number of nitrogens with zero attached hydrogens (tertiary/aromatic N) is 1. The molecule has 0 bridgehead atoms. The molecule has 0 saturated heterocycles. The summed E-state index contributed by atoms with van der Waals surface area (Å²) in [6.07, 6.45) is 2.04. The van der Waals surface area contributed by atoms with Gasteiger partial charge in [-0.1, -0.05) is 48.0 Å². The van der Waals surface area contributed by atoms with Crippen LogP contribution in [-0.2, 0) is 6.42 Å². The molecule has 2 aromatic carbocycles. The monoisotopic (exact) mass is 386 g/mol. The van der Waals surface area contributed by atoms with Crippen molar-refractivity contribution in [3.05, 3.63) is 64.0 Å². The minimum atomic E-state index is -0.251. The van der Waals surface area contributed by atoms with Gasteiger partial charge in [0, 0.05) is 22.3 Å². The molecule has 3 nitrogen and oxygen atoms in total. The van der Waals surface area contributed by atoms with E-state index in [1.165, 1.54) is 16.9 Å². The normalized spacial score (nSPS) is 13.6. The number of carbonyl (C=O) groups excluding carboxylic acids is 1. The van der Waals surface area contributed by atoms with Gasteiger partial charge in [0.1, 0.15) is 4.88 Å². The second-order valence-electron chi connectivity index (χ2n) is 5.88. The van der Waals surface area contributed by atoms with E-state index < -0.39 is 0 Å². The highest BCUT2D eigenvalue weighted by molar-refractivity contribution is 7.80. The Morgan fingerprint density at radius 3 is 2.76 bits per heavy atom. The van der Waals surface area contributed by atoms with E-state index in [1.807, 2.05) is 47.4 Å². The molecule has 0 atom stereocenters. The van der Waals surface area contributed by atoms with Gasteiger partial charge in [-0.05, 0) is 42.8 Å². The molecule has 0 spiro atoms. The molecule has 1 aromatic heterocycles. The first kappa shape index (κ1) is 16.5. The highest BCUT2D eigenvalue weighted by Crippen LogP contribution is 2.35. The lowest BCUT2D eigenvalue weighted by Crippen LogP contribution is -2.44. The van der Waals surface area contributed by atoms with Crippen LogP contribution in [-0.4, -0.2) is 17.6 Å². The molecule has 4 rings (SSSR count). The fourth-order valence-corrected chi connectivity index (χ4v) is 4.82. The average Bonchev–Trinajstić information content (AvgIpc) is 2.98. The SMILES string of the molecule is O=C(NC(=S)N1CCCc2ccccc21)c1sc2ccccc2c1Cl. The standard InChI is InChI=1S/C19H15ClN2OS2/c20-16-13-8-2-4-10-15(13)25-17(16)18(23)21-19(24)22-11-5-7-12-6-1-3-9-14(12)22/h1-4,6,8-10H,5,7,11H2,(H,21,23,24). The maximum atomic E-state index is 12.7. The number of carbonyl (C=O) groups is 1. The van der Waals surface area contributed by atoms with Crippen LogP contribution in [0.2, 0.25) is 5.02 Å². The molecular formula is C19H15ClN2OS2. The number of aryl methyl sites for hydroxylation is 1. The number of benzene rings is 2. The largest absolute Gasteiger partial charge is 0.318 e. The molecule has 0 fully saturated rings. The number of thiocarbonyl (C=S) groups is 1. The lowest BCUT2D eigenvalue weighted by atomic mass is 10.0. The second kappa shape index (κ2) is 6.75. The quantitative estimate of drug-likeness (QED) is 0.596. The van der Waals surface area contributed by atoms with Crippen molar-refractivity contribution in [3.63, 3.8) is 0 Å². The van der Waals surface area contributed by atoms with Crippen LogP contribution in [0, 0.1) is 0 Å². The van der Waals surface area contributed by atoms with E-state index in [9.17, 15) is 4.79 Å². The molecule has 0 saturated carbocycles. The first-order chi connectivity index (χ1) is 12.1. The van der Waals surface area contributed by atoms with E-state index in [2.05, 4.69) is 11.4 Å². The van der Waals surface area contributed by atoms with E-state index in [1.54, 1.807) is 0 Å². The Labute approximate surface area is 160 Å². The number of hydrogen-bond acceptors (Lipinski definition) is 3. The fourth-order valence-electron chi connectivity index (χ4n) is 3.13. The van der Waals surface area contributed by atoms with Crippen molar-refractivity contribution in [1.29, 1.82) is 0 Å². The van der Waals surface area contributed by atoms with Crippen molar-refractivity contribution in [2.75, 3.05) is 11.4 Å². The molecule has 3 aromatic rings. The summed E-state index contributed by atoms with van der Waals surface area (Å²) in [6, 6.07) is 15.9. The number of fused-ring (bicyclic) bond motifs is 2. The van der Waals surface area contributed by atoms with Gasteiger partial charge in [0.15, 0.2) is 5.11 Å². The summed E-state index contributed by atoms with van der Waals surface area (Å²) in [6.45, 7) is 0.802. The smallest absolute Gasteiger partial charge is 0.269 e. The van der Waals surface area contributed by atoms with Crippen molar-refractivity contribution in [2.24, 2.45) is 0 Å². The lowest BCUT2D eigenvalue weighted by Gasteiger charge is -2.31. The Balaban J connectivity index is 1.59. The number of nitrogens with one attached hydrogen (secondary N) is 1. The molecule has 126 valence electrons. The highest BCUT2D eigenvalue weighted by atomic mass is 35.5. The van der Waals surface area contributed by atoms with E-state index in [-0.39, 0.29) is 5.91 Å². The van der Waals surface area contributed by atoms with Crippen LogP contribution in [0.3, 0.4) is 0 Å². The van der Waals surface area contributed by atoms with Crippen LogP contribution < -0.4 is 10.2 Å². The van der Waals surface area contributed by atoms with Gasteiger partial charge in [-0.3, -0.25) is 10.1 Å². The van der Waals surface area contributed by atoms with E-state index >= 15 is 0 Å². The van der Waals surface area contributed by atoms with Crippen molar-refractivity contribution in [1.82, 2.24) is 5.32 Å². The van der Waals surface area contributed by atoms with E-state index in [0.29, 0.717) is 15.0 Å². The summed E-state index contributed by atoms with van der Waals surface area (Å²) in [7, 11) is 0. The molecule has 1 amide bonds. The topological polar surface area (TPSA) is 32.3 Å². The van der Waals surface area contributed by atoms with Crippen molar-refractivity contribution in [2.45, 2.75) is 12.8 Å². The van der Waals surface area contributed by atoms with Gasteiger partial charge < -0.3 is 4.90 Å². The second-order valence-corrected chi connectivity index (χ2v) is 7.70. The number of hydrogen-bond donors (Lipinski definition) is 1. The summed E-state index contributed by atoms with van der Waals surface area (Å²) >= 11 is 13.3. The molecule has 0 aliphatic carbocycles. The number of halogens is 1. The van der Waals surface area contributed by atoms with Crippen molar-refractivity contribution < 1.29 is 4.79 Å². The molecule has 2 heterocycles. The molecule has 1 aliphatic rings. The number of amides is 1. The number of thiophene rings is 1. The summed E-state index contributed by atoms with van der Waals surface area (Å²) < 4.78 is 0.992. The number of rotatable bonds is 1. The van der Waals surface area contributed by atoms with Crippen molar-refractivity contribution >= 4 is 61.9 Å². The predicted octanol–water partition coefficient (Wildman–Crippen LogP) is 5.02. The van der Waals surface area contributed by atoms with Crippen LogP contribution in [0.1, 0.15) is 21.7 Å². The van der Waals surface area contributed by atoms with Crippen LogP contribution in [0.25, 0.3) is 10.1 Å². The minimum absolute atomic E-state index is 0.251. The fraction of sp³-hybridized carbons (Fsp3) is 0.158. The van der Waals surface area contributed by atoms with Crippen LogP contribution in [0.15, 0.2) is 48.5 Å². The molecule has 6 heteroatoms. The molecule has 0 radical (unpaired) electrons. The molecule has 0 unspecified atom stereocenters. The Morgan fingerprint density at radius 1 is 1.16 bits per heavy atom. The third kappa shape index (κ3) is 3.03. The van der Waals surface area contributed by atoms with Gasteiger partial charge >= 0.3 is 0 Å². The van der Waals surface area contributed by atoms with Gasteiger partial charge in [-0.2, -0.15) is 0 Å². The van der Waals surface area contributed by atoms with Gasteiger partial charge in [-0.15, -0.1) is 11.3 Å². The summed E-state index contributed by atoms with van der Waals surface area (Å²) in [5.41, 5.74) is 2.33. The van der Waals surface area contributed by atoms with Gasteiger partial charge in [0.25, 0.3) is 5.91 Å². The van der Waals surface area contributed by atoms with Crippen LogP contribution in [0.5, 0.6) is 0 Å². The summed E-state index contributed by atoms with van der Waals surface area (Å²) in [4.78, 5) is 15.2. The molecule has 25 heavy (non-hydrogen) atoms. The zero-order chi connectivity index (χ0) is 17.4. The van der Waals surface area contributed by atoms with Crippen LogP contribution in [0.4, 0.5) is 5.69 Å². The number of anilines is 1. The zero-order valence-corrected chi connectivity index (χ0v) is 15.7. The molecular weight excluding hydrogens is 372 g/mol. The first-order valence-electron chi connectivity index (χ1n) is 8.03. The third-order valence-corrected chi connectivity index (χ3v) is 6.31. The molecule has 1 N–H and O–H groups in total. The minimum Gasteiger partial charge on any atom is -0.318 e. The maximum absolute atomic E-state index is 12.7. The predicted molar refractivity (Wildman–Crippen MR) is 109 cm³/mol. The Kier molecular flexibility index (Phi) is 4.46. The Hall–Kier alpha value is -1.95.